The number of nitrogens with zero attached hydrogens (tertiary/aromatic N) is 1. The molecule has 1 saturated heterocycles. The normalized spacial score (nSPS) is 30.2. The summed E-state index contributed by atoms with van der Waals surface area (Å²) in [6.07, 6.45) is 5.26. The van der Waals surface area contributed by atoms with E-state index in [1.165, 1.54) is 25.8 Å². The van der Waals surface area contributed by atoms with Crippen molar-refractivity contribution in [3.8, 4) is 0 Å². The van der Waals surface area contributed by atoms with Crippen LogP contribution in [0.4, 0.5) is 0 Å². The highest BCUT2D eigenvalue weighted by atomic mass is 16.5. The van der Waals surface area contributed by atoms with Crippen molar-refractivity contribution in [1.82, 2.24) is 10.2 Å². The summed E-state index contributed by atoms with van der Waals surface area (Å²) in [5, 5.41) is 3.48. The maximum atomic E-state index is 5.70. The predicted molar refractivity (Wildman–Crippen MR) is 71.3 cm³/mol. The summed E-state index contributed by atoms with van der Waals surface area (Å²) >= 11 is 0. The molecular weight excluding hydrogens is 212 g/mol. The van der Waals surface area contributed by atoms with Gasteiger partial charge in [-0.05, 0) is 45.2 Å². The van der Waals surface area contributed by atoms with Gasteiger partial charge in [0.15, 0.2) is 0 Å². The van der Waals surface area contributed by atoms with Crippen LogP contribution in [0.5, 0.6) is 0 Å². The van der Waals surface area contributed by atoms with Gasteiger partial charge in [0.25, 0.3) is 0 Å². The fourth-order valence-corrected chi connectivity index (χ4v) is 2.82. The van der Waals surface area contributed by atoms with E-state index in [0.29, 0.717) is 12.1 Å². The minimum Gasteiger partial charge on any atom is -0.380 e. The Hall–Kier alpha value is -0.120. The molecule has 2 fully saturated rings. The van der Waals surface area contributed by atoms with E-state index >= 15 is 0 Å². The predicted octanol–water partition coefficient (Wildman–Crippen LogP) is 1.87. The fraction of sp³-hybridized carbons (Fsp3) is 1.00. The molecule has 2 rings (SSSR count). The van der Waals surface area contributed by atoms with Crippen molar-refractivity contribution < 1.29 is 4.74 Å². The zero-order valence-corrected chi connectivity index (χ0v) is 11.6. The molecule has 2 atom stereocenters. The standard InChI is InChI=1S/C14H28N2O/c1-11(2)6-8-16(12-4-5-12)14-10-17-9-7-13(14)15-3/h11-15H,4-10H2,1-3H3. The van der Waals surface area contributed by atoms with E-state index in [1.807, 2.05) is 0 Å². The van der Waals surface area contributed by atoms with Crippen molar-refractivity contribution in [2.75, 3.05) is 26.8 Å². The second kappa shape index (κ2) is 6.17. The van der Waals surface area contributed by atoms with Crippen LogP contribution in [0, 0.1) is 5.92 Å². The van der Waals surface area contributed by atoms with Gasteiger partial charge in [-0.2, -0.15) is 0 Å². The molecule has 0 aromatic rings. The third-order valence-electron chi connectivity index (χ3n) is 4.10. The van der Waals surface area contributed by atoms with E-state index in [9.17, 15) is 0 Å². The quantitative estimate of drug-likeness (QED) is 0.767. The van der Waals surface area contributed by atoms with Crippen LogP contribution in [-0.2, 0) is 4.74 Å². The summed E-state index contributed by atoms with van der Waals surface area (Å²) in [6, 6.07) is 2.06. The molecule has 1 aliphatic heterocycles. The van der Waals surface area contributed by atoms with E-state index < -0.39 is 0 Å². The van der Waals surface area contributed by atoms with Gasteiger partial charge >= 0.3 is 0 Å². The molecule has 0 spiro atoms. The van der Waals surface area contributed by atoms with Crippen molar-refractivity contribution >= 4 is 0 Å². The third-order valence-corrected chi connectivity index (χ3v) is 4.10. The Bertz CT molecular complexity index is 228. The highest BCUT2D eigenvalue weighted by molar-refractivity contribution is 4.94. The van der Waals surface area contributed by atoms with Gasteiger partial charge in [-0.25, -0.2) is 0 Å². The Kier molecular flexibility index (Phi) is 4.83. The first-order valence-corrected chi connectivity index (χ1v) is 7.23. The van der Waals surface area contributed by atoms with Gasteiger partial charge in [-0.1, -0.05) is 13.8 Å². The molecular formula is C14H28N2O. The molecule has 3 heteroatoms. The number of nitrogens with one attached hydrogen (secondary N) is 1. The maximum absolute atomic E-state index is 5.70. The summed E-state index contributed by atoms with van der Waals surface area (Å²) in [5.74, 6) is 0.800. The molecule has 0 aromatic carbocycles. The maximum Gasteiger partial charge on any atom is 0.0637 e. The number of likely N-dealkylation sites (N-methyl/N-ethyl adjacent to an activating group) is 1. The number of ether oxygens (including phenoxy) is 1. The lowest BCUT2D eigenvalue weighted by Gasteiger charge is -2.40. The topological polar surface area (TPSA) is 24.5 Å². The first-order valence-electron chi connectivity index (χ1n) is 7.23. The van der Waals surface area contributed by atoms with Crippen LogP contribution in [0.2, 0.25) is 0 Å². The van der Waals surface area contributed by atoms with Crippen LogP contribution in [0.1, 0.15) is 39.5 Å². The monoisotopic (exact) mass is 240 g/mol. The molecule has 17 heavy (non-hydrogen) atoms. The fourth-order valence-electron chi connectivity index (χ4n) is 2.82. The van der Waals surface area contributed by atoms with Gasteiger partial charge in [0.05, 0.1) is 6.61 Å². The molecule has 0 amide bonds. The van der Waals surface area contributed by atoms with Crippen molar-refractivity contribution in [2.24, 2.45) is 5.92 Å². The second-order valence-corrected chi connectivity index (χ2v) is 5.98. The Morgan fingerprint density at radius 3 is 2.65 bits per heavy atom. The average molecular weight is 240 g/mol. The molecule has 3 nitrogen and oxygen atoms in total. The largest absolute Gasteiger partial charge is 0.380 e. The van der Waals surface area contributed by atoms with Crippen molar-refractivity contribution in [2.45, 2.75) is 57.7 Å². The first-order chi connectivity index (χ1) is 8.22. The molecule has 1 aliphatic carbocycles. The summed E-state index contributed by atoms with van der Waals surface area (Å²) in [4.78, 5) is 2.72. The van der Waals surface area contributed by atoms with Crippen molar-refractivity contribution in [1.29, 1.82) is 0 Å². The van der Waals surface area contributed by atoms with E-state index in [0.717, 1.165) is 31.6 Å². The zero-order chi connectivity index (χ0) is 12.3. The third kappa shape index (κ3) is 3.67. The number of hydrogen-bond donors (Lipinski definition) is 1. The van der Waals surface area contributed by atoms with Crippen LogP contribution in [-0.4, -0.2) is 49.8 Å². The van der Waals surface area contributed by atoms with Crippen LogP contribution in [0.3, 0.4) is 0 Å². The zero-order valence-electron chi connectivity index (χ0n) is 11.6. The first kappa shape index (κ1) is 13.3. The highest BCUT2D eigenvalue weighted by Gasteiger charge is 2.38. The molecule has 1 N–H and O–H groups in total. The Morgan fingerprint density at radius 1 is 1.29 bits per heavy atom. The van der Waals surface area contributed by atoms with Crippen LogP contribution >= 0.6 is 0 Å². The van der Waals surface area contributed by atoms with E-state index in [1.54, 1.807) is 0 Å². The lowest BCUT2D eigenvalue weighted by atomic mass is 10.0. The lowest BCUT2D eigenvalue weighted by molar-refractivity contribution is -0.00633. The molecule has 0 aromatic heterocycles. The van der Waals surface area contributed by atoms with Crippen LogP contribution < -0.4 is 5.32 Å². The van der Waals surface area contributed by atoms with Crippen LogP contribution in [0.15, 0.2) is 0 Å². The Balaban J connectivity index is 1.93. The van der Waals surface area contributed by atoms with Crippen LogP contribution in [0.25, 0.3) is 0 Å². The number of rotatable bonds is 6. The molecule has 1 heterocycles. The highest BCUT2D eigenvalue weighted by Crippen LogP contribution is 2.31. The van der Waals surface area contributed by atoms with Gasteiger partial charge < -0.3 is 10.1 Å². The molecule has 2 aliphatic rings. The molecule has 2 unspecified atom stereocenters. The summed E-state index contributed by atoms with van der Waals surface area (Å²) in [7, 11) is 2.09. The molecule has 0 bridgehead atoms. The number of hydrogen-bond acceptors (Lipinski definition) is 3. The van der Waals surface area contributed by atoms with E-state index in [2.05, 4.69) is 31.1 Å². The van der Waals surface area contributed by atoms with Gasteiger partial charge in [0, 0.05) is 24.7 Å². The van der Waals surface area contributed by atoms with Crippen molar-refractivity contribution in [3.63, 3.8) is 0 Å². The average Bonchev–Trinajstić information content (AvgIpc) is 3.14. The Morgan fingerprint density at radius 2 is 2.06 bits per heavy atom. The lowest BCUT2D eigenvalue weighted by Crippen LogP contribution is -2.55. The molecule has 100 valence electrons. The van der Waals surface area contributed by atoms with Gasteiger partial charge in [0.1, 0.15) is 0 Å². The SMILES string of the molecule is CNC1CCOCC1N(CCC(C)C)C1CC1. The minimum absolute atomic E-state index is 0.597. The summed E-state index contributed by atoms with van der Waals surface area (Å²) in [5.41, 5.74) is 0. The van der Waals surface area contributed by atoms with E-state index in [-0.39, 0.29) is 0 Å². The second-order valence-electron chi connectivity index (χ2n) is 5.98. The molecule has 0 radical (unpaired) electrons. The van der Waals surface area contributed by atoms with Gasteiger partial charge in [0.2, 0.25) is 0 Å². The van der Waals surface area contributed by atoms with Crippen molar-refractivity contribution in [3.05, 3.63) is 0 Å². The Labute approximate surface area is 106 Å². The van der Waals surface area contributed by atoms with Gasteiger partial charge in [-0.15, -0.1) is 0 Å². The summed E-state index contributed by atoms with van der Waals surface area (Å²) < 4.78 is 5.70. The smallest absolute Gasteiger partial charge is 0.0637 e. The summed E-state index contributed by atoms with van der Waals surface area (Å²) in [6.45, 7) is 7.72. The van der Waals surface area contributed by atoms with E-state index in [4.69, 9.17) is 4.74 Å². The minimum atomic E-state index is 0.597. The molecule has 1 saturated carbocycles. The van der Waals surface area contributed by atoms with Gasteiger partial charge in [-0.3, -0.25) is 4.90 Å².